The molecule has 2 aliphatic carbocycles. The molecule has 5 rings (SSSR count). The number of benzene rings is 1. The first-order valence-corrected chi connectivity index (χ1v) is 9.97. The Bertz CT molecular complexity index is 917. The zero-order valence-corrected chi connectivity index (χ0v) is 15.1. The van der Waals surface area contributed by atoms with Crippen molar-refractivity contribution in [3.8, 4) is 0 Å². The van der Waals surface area contributed by atoms with E-state index in [9.17, 15) is 4.39 Å². The third kappa shape index (κ3) is 3.04. The lowest BCUT2D eigenvalue weighted by Crippen LogP contribution is -2.17. The van der Waals surface area contributed by atoms with Crippen LogP contribution in [0.3, 0.4) is 0 Å². The van der Waals surface area contributed by atoms with Gasteiger partial charge in [-0.25, -0.2) is 9.37 Å². The summed E-state index contributed by atoms with van der Waals surface area (Å²) in [5.74, 6) is 1.91. The van der Waals surface area contributed by atoms with Crippen LogP contribution in [0, 0.1) is 11.7 Å². The van der Waals surface area contributed by atoms with Gasteiger partial charge in [-0.1, -0.05) is 18.2 Å². The van der Waals surface area contributed by atoms with Crippen LogP contribution < -0.4 is 0 Å². The Hall–Kier alpha value is -2.16. The van der Waals surface area contributed by atoms with Crippen LogP contribution in [-0.4, -0.2) is 9.38 Å². The first-order valence-electron chi connectivity index (χ1n) is 9.97. The van der Waals surface area contributed by atoms with Crippen molar-refractivity contribution < 1.29 is 4.39 Å². The molecule has 3 heteroatoms. The lowest BCUT2D eigenvalue weighted by molar-refractivity contribution is 0.321. The van der Waals surface area contributed by atoms with E-state index in [1.807, 2.05) is 18.6 Å². The van der Waals surface area contributed by atoms with Crippen molar-refractivity contribution in [3.05, 3.63) is 71.6 Å². The molecule has 0 atom stereocenters. The highest BCUT2D eigenvalue weighted by Crippen LogP contribution is 2.44. The minimum absolute atomic E-state index is 0.106. The first-order chi connectivity index (χ1) is 12.8. The maximum Gasteiger partial charge on any atom is 0.123 e. The molecule has 2 aromatic heterocycles. The van der Waals surface area contributed by atoms with E-state index in [0.717, 1.165) is 18.3 Å². The lowest BCUT2D eigenvalue weighted by atomic mass is 9.76. The van der Waals surface area contributed by atoms with Crippen LogP contribution in [0.4, 0.5) is 4.39 Å². The summed E-state index contributed by atoms with van der Waals surface area (Å²) in [7, 11) is 0. The molecule has 0 radical (unpaired) electrons. The van der Waals surface area contributed by atoms with Crippen LogP contribution in [0.5, 0.6) is 0 Å². The van der Waals surface area contributed by atoms with Crippen molar-refractivity contribution in [2.75, 3.05) is 0 Å². The summed E-state index contributed by atoms with van der Waals surface area (Å²) in [5, 5.41) is 0. The Morgan fingerprint density at radius 3 is 2.54 bits per heavy atom. The Labute approximate surface area is 154 Å². The summed E-state index contributed by atoms with van der Waals surface area (Å²) in [4.78, 5) is 4.36. The van der Waals surface area contributed by atoms with E-state index in [4.69, 9.17) is 0 Å². The maximum atomic E-state index is 13.5. The fourth-order valence-electron chi connectivity index (χ4n) is 4.78. The summed E-state index contributed by atoms with van der Waals surface area (Å²) < 4.78 is 15.8. The number of nitrogens with zero attached hydrogens (tertiary/aromatic N) is 2. The van der Waals surface area contributed by atoms with Gasteiger partial charge in [0.15, 0.2) is 0 Å². The maximum absolute atomic E-state index is 13.5. The molecule has 134 valence electrons. The molecule has 2 nitrogen and oxygen atoms in total. The minimum atomic E-state index is -0.106. The standard InChI is InChI=1S/C23H25FN2/c24-20-3-1-2-19(13-20)17-6-4-16(5-7-17)12-23-22(18-8-9-18)11-10-21-14-25-15-26(21)23/h1-3,10-11,13-18H,4-9,12H2. The largest absolute Gasteiger partial charge is 0.303 e. The van der Waals surface area contributed by atoms with E-state index >= 15 is 0 Å². The molecule has 0 amide bonds. The summed E-state index contributed by atoms with van der Waals surface area (Å²) in [6, 6.07) is 11.8. The molecule has 0 spiro atoms. The quantitative estimate of drug-likeness (QED) is 0.576. The minimum Gasteiger partial charge on any atom is -0.303 e. The van der Waals surface area contributed by atoms with Crippen LogP contribution in [0.2, 0.25) is 0 Å². The Balaban J connectivity index is 1.33. The summed E-state index contributed by atoms with van der Waals surface area (Å²) >= 11 is 0. The van der Waals surface area contributed by atoms with Crippen LogP contribution in [-0.2, 0) is 6.42 Å². The van der Waals surface area contributed by atoms with Gasteiger partial charge in [-0.05, 0) is 92.0 Å². The van der Waals surface area contributed by atoms with Gasteiger partial charge < -0.3 is 4.40 Å². The molecule has 2 fully saturated rings. The zero-order chi connectivity index (χ0) is 17.5. The molecule has 26 heavy (non-hydrogen) atoms. The van der Waals surface area contributed by atoms with Gasteiger partial charge in [0, 0.05) is 5.69 Å². The molecule has 3 aromatic rings. The van der Waals surface area contributed by atoms with Crippen molar-refractivity contribution in [3.63, 3.8) is 0 Å². The van der Waals surface area contributed by atoms with Crippen molar-refractivity contribution in [1.82, 2.24) is 9.38 Å². The molecule has 2 aliphatic rings. The Kier molecular flexibility index (Phi) is 4.03. The van der Waals surface area contributed by atoms with Crippen molar-refractivity contribution in [1.29, 1.82) is 0 Å². The highest BCUT2D eigenvalue weighted by atomic mass is 19.1. The van der Waals surface area contributed by atoms with Gasteiger partial charge in [0.1, 0.15) is 5.82 Å². The predicted octanol–water partition coefficient (Wildman–Crippen LogP) is 5.87. The fraction of sp³-hybridized carbons (Fsp3) is 0.435. The van der Waals surface area contributed by atoms with Gasteiger partial charge in [0.2, 0.25) is 0 Å². The number of rotatable bonds is 4. The van der Waals surface area contributed by atoms with E-state index in [0.29, 0.717) is 5.92 Å². The van der Waals surface area contributed by atoms with E-state index in [1.54, 1.807) is 17.7 Å². The van der Waals surface area contributed by atoms with Crippen molar-refractivity contribution in [2.45, 2.75) is 56.8 Å². The molecule has 0 bridgehead atoms. The zero-order valence-electron chi connectivity index (χ0n) is 15.1. The van der Waals surface area contributed by atoms with E-state index in [2.05, 4.69) is 27.6 Å². The number of imidazole rings is 1. The average Bonchev–Trinajstić information content (AvgIpc) is 3.39. The second-order valence-corrected chi connectivity index (χ2v) is 8.17. The smallest absolute Gasteiger partial charge is 0.123 e. The number of aromatic nitrogens is 2. The topological polar surface area (TPSA) is 17.3 Å². The molecule has 2 heterocycles. The Morgan fingerprint density at radius 1 is 0.962 bits per heavy atom. The first kappa shape index (κ1) is 16.0. The van der Waals surface area contributed by atoms with Crippen LogP contribution >= 0.6 is 0 Å². The van der Waals surface area contributed by atoms with E-state index in [-0.39, 0.29) is 5.82 Å². The predicted molar refractivity (Wildman–Crippen MR) is 102 cm³/mol. The number of fused-ring (bicyclic) bond motifs is 1. The van der Waals surface area contributed by atoms with Gasteiger partial charge in [-0.15, -0.1) is 0 Å². The lowest BCUT2D eigenvalue weighted by Gasteiger charge is -2.29. The molecule has 1 aromatic carbocycles. The second-order valence-electron chi connectivity index (χ2n) is 8.17. The van der Waals surface area contributed by atoms with Gasteiger partial charge in [0.05, 0.1) is 18.0 Å². The molecule has 0 aliphatic heterocycles. The second kappa shape index (κ2) is 6.53. The normalized spacial score (nSPS) is 23.4. The van der Waals surface area contributed by atoms with Gasteiger partial charge >= 0.3 is 0 Å². The van der Waals surface area contributed by atoms with Crippen LogP contribution in [0.25, 0.3) is 5.52 Å². The highest BCUT2D eigenvalue weighted by molar-refractivity contribution is 5.49. The third-order valence-corrected chi connectivity index (χ3v) is 6.39. The van der Waals surface area contributed by atoms with Crippen LogP contribution in [0.15, 0.2) is 48.9 Å². The molecule has 0 saturated heterocycles. The van der Waals surface area contributed by atoms with Crippen molar-refractivity contribution in [2.24, 2.45) is 5.92 Å². The number of hydrogen-bond acceptors (Lipinski definition) is 1. The average molecular weight is 348 g/mol. The molecule has 2 saturated carbocycles. The van der Waals surface area contributed by atoms with Gasteiger partial charge in [-0.3, -0.25) is 0 Å². The molecule has 0 unspecified atom stereocenters. The summed E-state index contributed by atoms with van der Waals surface area (Å²) in [6.07, 6.45) is 12.6. The van der Waals surface area contributed by atoms with Gasteiger partial charge in [-0.2, -0.15) is 0 Å². The Morgan fingerprint density at radius 2 is 1.77 bits per heavy atom. The number of pyridine rings is 1. The fourth-order valence-corrected chi connectivity index (χ4v) is 4.78. The third-order valence-electron chi connectivity index (χ3n) is 6.39. The SMILES string of the molecule is Fc1cccc(C2CCC(Cc3c(C4CC4)ccc4cncn34)CC2)c1. The summed E-state index contributed by atoms with van der Waals surface area (Å²) in [6.45, 7) is 0. The van der Waals surface area contributed by atoms with E-state index in [1.165, 1.54) is 55.3 Å². The highest BCUT2D eigenvalue weighted by Gasteiger charge is 2.29. The number of halogens is 1. The molecular weight excluding hydrogens is 323 g/mol. The van der Waals surface area contributed by atoms with E-state index < -0.39 is 0 Å². The van der Waals surface area contributed by atoms with Crippen molar-refractivity contribution >= 4 is 5.52 Å². The monoisotopic (exact) mass is 348 g/mol. The molecular formula is C23H25FN2. The number of hydrogen-bond donors (Lipinski definition) is 0. The van der Waals surface area contributed by atoms with Crippen LogP contribution in [0.1, 0.15) is 67.2 Å². The molecule has 0 N–H and O–H groups in total. The van der Waals surface area contributed by atoms with Gasteiger partial charge in [0.25, 0.3) is 0 Å². The summed E-state index contributed by atoms with van der Waals surface area (Å²) in [5.41, 5.74) is 5.41.